The second kappa shape index (κ2) is 8.80. The Hall–Kier alpha value is -2.91. The van der Waals surface area contributed by atoms with E-state index in [0.29, 0.717) is 12.0 Å². The number of carbonyl (C=O) groups is 4. The molecule has 1 aromatic rings. The van der Waals surface area contributed by atoms with Gasteiger partial charge < -0.3 is 19.7 Å². The van der Waals surface area contributed by atoms with Gasteiger partial charge in [-0.05, 0) is 49.7 Å². The van der Waals surface area contributed by atoms with Crippen molar-refractivity contribution in [2.24, 2.45) is 34.0 Å². The first-order valence-corrected chi connectivity index (χ1v) is 13.2. The Morgan fingerprint density at radius 3 is 2.31 bits per heavy atom. The van der Waals surface area contributed by atoms with Crippen LogP contribution in [0.2, 0.25) is 0 Å². The summed E-state index contributed by atoms with van der Waals surface area (Å²) in [6.45, 7) is 14.2. The van der Waals surface area contributed by atoms with Crippen LogP contribution in [0.4, 0.5) is 0 Å². The van der Waals surface area contributed by atoms with Gasteiger partial charge in [-0.3, -0.25) is 19.4 Å². The number of methoxy groups -OCH3 is 2. The van der Waals surface area contributed by atoms with Crippen LogP contribution in [0.25, 0.3) is 0 Å². The third-order valence-corrected chi connectivity index (χ3v) is 10.5. The standard InChI is InChI=1S/C30H39NO8/c1-15-13-17-27(4)14-16-11-10-12-31-21(16)26(2,3)19(27)18(32)22(33)29(17,6)20(23(34)38-8)28(15,5)24(35)30(7,37)25(36)39-9/h10-12,17,19-20,22,33,37H,1,13-14H2,2-9H3/t17-,19+,20-,22+,27-,28+,29-,30-/m0/s1. The Kier molecular flexibility index (Phi) is 6.56. The van der Waals surface area contributed by atoms with Crippen LogP contribution in [-0.4, -0.2) is 64.6 Å². The van der Waals surface area contributed by atoms with Crippen molar-refractivity contribution in [1.82, 2.24) is 4.98 Å². The first kappa shape index (κ1) is 29.1. The molecule has 212 valence electrons. The summed E-state index contributed by atoms with van der Waals surface area (Å²) in [6, 6.07) is 3.83. The van der Waals surface area contributed by atoms with Gasteiger partial charge in [0.25, 0.3) is 0 Å². The van der Waals surface area contributed by atoms with Crippen LogP contribution in [0.5, 0.6) is 0 Å². The highest BCUT2D eigenvalue weighted by Crippen LogP contribution is 2.70. The average molecular weight is 542 g/mol. The monoisotopic (exact) mass is 541 g/mol. The highest BCUT2D eigenvalue weighted by atomic mass is 16.5. The Morgan fingerprint density at radius 1 is 1.13 bits per heavy atom. The molecule has 9 heteroatoms. The minimum absolute atomic E-state index is 0.173. The van der Waals surface area contributed by atoms with E-state index in [1.165, 1.54) is 6.92 Å². The van der Waals surface area contributed by atoms with Crippen molar-refractivity contribution < 1.29 is 38.9 Å². The van der Waals surface area contributed by atoms with E-state index in [4.69, 9.17) is 4.74 Å². The summed E-state index contributed by atoms with van der Waals surface area (Å²) in [6.07, 6.45) is 0.690. The number of fused-ring (bicyclic) bond motifs is 4. The Bertz CT molecular complexity index is 1280. The Labute approximate surface area is 229 Å². The number of aliphatic hydroxyl groups is 2. The van der Waals surface area contributed by atoms with Crippen molar-refractivity contribution in [3.05, 3.63) is 41.7 Å². The maximum absolute atomic E-state index is 14.3. The maximum atomic E-state index is 14.3. The zero-order valence-electron chi connectivity index (χ0n) is 24.0. The second-order valence-electron chi connectivity index (χ2n) is 12.9. The van der Waals surface area contributed by atoms with Crippen molar-refractivity contribution in [1.29, 1.82) is 0 Å². The number of carbonyl (C=O) groups excluding carboxylic acids is 4. The number of aliphatic hydroxyl groups excluding tert-OH is 1. The largest absolute Gasteiger partial charge is 0.469 e. The lowest BCUT2D eigenvalue weighted by Crippen LogP contribution is -2.73. The summed E-state index contributed by atoms with van der Waals surface area (Å²) in [5.74, 6) is -6.03. The molecule has 4 rings (SSSR count). The van der Waals surface area contributed by atoms with Crippen molar-refractivity contribution in [3.63, 3.8) is 0 Å². The molecule has 0 amide bonds. The van der Waals surface area contributed by atoms with E-state index in [-0.39, 0.29) is 6.42 Å². The normalized spacial score (nSPS) is 38.4. The highest BCUT2D eigenvalue weighted by molar-refractivity contribution is 6.11. The number of aromatic nitrogens is 1. The fraction of sp³-hybridized carbons (Fsp3) is 0.633. The lowest BCUT2D eigenvalue weighted by Gasteiger charge is -2.67. The molecular weight excluding hydrogens is 502 g/mol. The van der Waals surface area contributed by atoms with E-state index in [9.17, 15) is 29.4 Å². The van der Waals surface area contributed by atoms with Gasteiger partial charge in [-0.1, -0.05) is 45.9 Å². The molecule has 39 heavy (non-hydrogen) atoms. The first-order valence-electron chi connectivity index (χ1n) is 13.2. The van der Waals surface area contributed by atoms with Crippen molar-refractivity contribution in [2.75, 3.05) is 14.2 Å². The highest BCUT2D eigenvalue weighted by Gasteiger charge is 2.75. The number of ketones is 2. The molecule has 0 saturated heterocycles. The van der Waals surface area contributed by atoms with E-state index in [1.807, 2.05) is 32.9 Å². The third kappa shape index (κ3) is 3.48. The van der Waals surface area contributed by atoms with Gasteiger partial charge in [0.2, 0.25) is 5.60 Å². The molecule has 3 aliphatic carbocycles. The van der Waals surface area contributed by atoms with Crippen molar-refractivity contribution >= 4 is 23.5 Å². The molecular formula is C30H39NO8. The van der Waals surface area contributed by atoms with Crippen LogP contribution in [0.1, 0.15) is 59.2 Å². The van der Waals surface area contributed by atoms with Gasteiger partial charge in [0.1, 0.15) is 6.10 Å². The van der Waals surface area contributed by atoms with Crippen LogP contribution in [-0.2, 0) is 40.5 Å². The number of pyridine rings is 1. The number of hydrogen-bond acceptors (Lipinski definition) is 9. The van der Waals surface area contributed by atoms with Crippen LogP contribution >= 0.6 is 0 Å². The number of ether oxygens (including phenoxy) is 2. The molecule has 1 aromatic heterocycles. The molecule has 2 N–H and O–H groups in total. The van der Waals surface area contributed by atoms with Crippen molar-refractivity contribution in [3.8, 4) is 0 Å². The number of esters is 2. The Morgan fingerprint density at radius 2 is 1.74 bits per heavy atom. The smallest absolute Gasteiger partial charge is 0.345 e. The first-order chi connectivity index (χ1) is 17.9. The van der Waals surface area contributed by atoms with Crippen LogP contribution in [0, 0.1) is 34.0 Å². The molecule has 3 aliphatic rings. The predicted molar refractivity (Wildman–Crippen MR) is 140 cm³/mol. The lowest BCUT2D eigenvalue weighted by atomic mass is 9.35. The number of rotatable bonds is 4. The number of hydrogen-bond donors (Lipinski definition) is 2. The van der Waals surface area contributed by atoms with E-state index in [1.54, 1.807) is 13.1 Å². The quantitative estimate of drug-likeness (QED) is 0.334. The van der Waals surface area contributed by atoms with Gasteiger partial charge in [0, 0.05) is 28.6 Å². The number of allylic oxidation sites excluding steroid dienone is 1. The molecule has 0 aromatic carbocycles. The summed E-state index contributed by atoms with van der Waals surface area (Å²) < 4.78 is 9.86. The van der Waals surface area contributed by atoms with Gasteiger partial charge in [-0.15, -0.1) is 0 Å². The molecule has 9 nitrogen and oxygen atoms in total. The second-order valence-corrected chi connectivity index (χ2v) is 12.9. The van der Waals surface area contributed by atoms with E-state index in [2.05, 4.69) is 16.3 Å². The topological polar surface area (TPSA) is 140 Å². The summed E-state index contributed by atoms with van der Waals surface area (Å²) in [5.41, 5.74) is -5.37. The molecule has 0 radical (unpaired) electrons. The van der Waals surface area contributed by atoms with Gasteiger partial charge in [0.05, 0.1) is 25.6 Å². The third-order valence-electron chi connectivity index (χ3n) is 10.5. The van der Waals surface area contributed by atoms with Crippen LogP contribution in [0.15, 0.2) is 30.5 Å². The van der Waals surface area contributed by atoms with Crippen LogP contribution < -0.4 is 0 Å². The molecule has 8 atom stereocenters. The molecule has 0 bridgehead atoms. The molecule has 2 saturated carbocycles. The molecule has 0 aliphatic heterocycles. The van der Waals surface area contributed by atoms with Gasteiger partial charge in [-0.2, -0.15) is 0 Å². The van der Waals surface area contributed by atoms with Gasteiger partial charge >= 0.3 is 11.9 Å². The fourth-order valence-electron chi connectivity index (χ4n) is 8.80. The van der Waals surface area contributed by atoms with Gasteiger partial charge in [-0.25, -0.2) is 4.79 Å². The summed E-state index contributed by atoms with van der Waals surface area (Å²) in [7, 11) is 2.20. The molecule has 0 unspecified atom stereocenters. The van der Waals surface area contributed by atoms with Crippen LogP contribution in [0.3, 0.4) is 0 Å². The predicted octanol–water partition coefficient (Wildman–Crippen LogP) is 2.35. The maximum Gasteiger partial charge on any atom is 0.345 e. The Balaban J connectivity index is 1.99. The van der Waals surface area contributed by atoms with Gasteiger partial charge in [0.15, 0.2) is 11.6 Å². The minimum Gasteiger partial charge on any atom is -0.469 e. The summed E-state index contributed by atoms with van der Waals surface area (Å²) in [4.78, 5) is 59.0. The van der Waals surface area contributed by atoms with E-state index >= 15 is 0 Å². The van der Waals surface area contributed by atoms with E-state index in [0.717, 1.165) is 32.4 Å². The average Bonchev–Trinajstić information content (AvgIpc) is 2.87. The summed E-state index contributed by atoms with van der Waals surface area (Å²) >= 11 is 0. The fourth-order valence-corrected chi connectivity index (χ4v) is 8.80. The summed E-state index contributed by atoms with van der Waals surface area (Å²) in [5, 5.41) is 22.9. The zero-order chi connectivity index (χ0) is 29.5. The molecule has 1 heterocycles. The molecule has 0 spiro atoms. The van der Waals surface area contributed by atoms with E-state index < -0.39 is 74.6 Å². The number of nitrogens with zero attached hydrogens (tertiary/aromatic N) is 1. The molecule has 2 fully saturated rings. The SMILES string of the molecule is C=C1C[C@H]2[C@]3(C)Cc4cccnc4C(C)(C)[C@H]3C(=O)[C@@H](O)[C@]2(C)[C@@H](C(=O)OC)[C@]1(C)C(=O)[C@](C)(O)C(=O)OC. The van der Waals surface area contributed by atoms with Crippen molar-refractivity contribution in [2.45, 2.75) is 71.5 Å². The lowest BCUT2D eigenvalue weighted by molar-refractivity contribution is -0.216. The minimum atomic E-state index is -2.62. The number of Topliss-reactive ketones (excluding diaryl/α,β-unsaturated/α-hetero) is 2. The zero-order valence-corrected chi connectivity index (χ0v) is 24.0.